The van der Waals surface area contributed by atoms with E-state index in [0.717, 1.165) is 40.4 Å². The zero-order valence-corrected chi connectivity index (χ0v) is 19.7. The minimum absolute atomic E-state index is 0.100. The van der Waals surface area contributed by atoms with Gasteiger partial charge in [0.05, 0.1) is 0 Å². The number of halogens is 1. The predicted molar refractivity (Wildman–Crippen MR) is 126 cm³/mol. The van der Waals surface area contributed by atoms with Gasteiger partial charge in [-0.25, -0.2) is 0 Å². The second kappa shape index (κ2) is 10.8. The van der Waals surface area contributed by atoms with Crippen LogP contribution in [0.2, 0.25) is 0 Å². The topological polar surface area (TPSA) is 58.6 Å². The van der Waals surface area contributed by atoms with Gasteiger partial charge < -0.3 is 15.0 Å². The number of aryl methyl sites for hydroxylation is 1. The summed E-state index contributed by atoms with van der Waals surface area (Å²) in [5.74, 6) is 0.335. The number of rotatable bonds is 8. The predicted octanol–water partition coefficient (Wildman–Crippen LogP) is 4.45. The van der Waals surface area contributed by atoms with E-state index < -0.39 is 6.04 Å². The minimum atomic E-state index is -0.570. The highest BCUT2D eigenvalue weighted by atomic mass is 127. The summed E-state index contributed by atoms with van der Waals surface area (Å²) in [5, 5.41) is 3.11. The molecule has 3 rings (SSSR count). The van der Waals surface area contributed by atoms with Crippen LogP contribution in [-0.2, 0) is 16.1 Å². The molecule has 2 amide bonds. The average molecular weight is 520 g/mol. The second-order valence-corrected chi connectivity index (χ2v) is 9.16. The van der Waals surface area contributed by atoms with E-state index in [1.807, 2.05) is 55.5 Å². The molecule has 1 aliphatic rings. The van der Waals surface area contributed by atoms with Crippen LogP contribution in [-0.4, -0.2) is 35.4 Å². The van der Waals surface area contributed by atoms with Gasteiger partial charge in [-0.15, -0.1) is 0 Å². The molecule has 2 aromatic carbocycles. The molecule has 30 heavy (non-hydrogen) atoms. The third kappa shape index (κ3) is 6.45. The lowest BCUT2D eigenvalue weighted by atomic mass is 10.1. The van der Waals surface area contributed by atoms with Gasteiger partial charge in [0.25, 0.3) is 5.91 Å². The van der Waals surface area contributed by atoms with Gasteiger partial charge in [-0.1, -0.05) is 42.7 Å². The van der Waals surface area contributed by atoms with E-state index >= 15 is 0 Å². The summed E-state index contributed by atoms with van der Waals surface area (Å²) in [5.41, 5.74) is 2.15. The van der Waals surface area contributed by atoms with Crippen LogP contribution < -0.4 is 10.1 Å². The van der Waals surface area contributed by atoms with Gasteiger partial charge in [0, 0.05) is 16.2 Å². The third-order valence-electron chi connectivity index (χ3n) is 5.52. The first-order chi connectivity index (χ1) is 14.4. The van der Waals surface area contributed by atoms with E-state index in [0.29, 0.717) is 12.3 Å². The summed E-state index contributed by atoms with van der Waals surface area (Å²) in [6, 6.07) is 15.2. The zero-order chi connectivity index (χ0) is 21.5. The van der Waals surface area contributed by atoms with Crippen molar-refractivity contribution in [2.75, 3.05) is 6.61 Å². The highest BCUT2D eigenvalue weighted by Crippen LogP contribution is 2.19. The largest absolute Gasteiger partial charge is 0.484 e. The number of amides is 2. The highest BCUT2D eigenvalue weighted by Gasteiger charge is 2.28. The van der Waals surface area contributed by atoms with E-state index in [4.69, 9.17) is 4.74 Å². The van der Waals surface area contributed by atoms with Crippen molar-refractivity contribution in [1.82, 2.24) is 10.2 Å². The Labute approximate surface area is 192 Å². The smallest absolute Gasteiger partial charge is 0.261 e. The van der Waals surface area contributed by atoms with Gasteiger partial charge in [-0.3, -0.25) is 9.59 Å². The molecule has 0 unspecified atom stereocenters. The Morgan fingerprint density at radius 3 is 2.37 bits per heavy atom. The number of benzene rings is 2. The Bertz CT molecular complexity index is 846. The lowest BCUT2D eigenvalue weighted by Gasteiger charge is -2.29. The first-order valence-corrected chi connectivity index (χ1v) is 11.5. The molecule has 0 saturated heterocycles. The fourth-order valence-corrected chi connectivity index (χ4v) is 3.98. The standard InChI is InChI=1S/C24H29IN2O3/c1-17-7-9-19(10-8-17)15-27(18(2)24(29)26-21-5-3-4-6-21)23(28)16-30-22-13-11-20(25)12-14-22/h7-14,18,21H,3-6,15-16H2,1-2H3,(H,26,29)/t18-/m0/s1. The SMILES string of the molecule is Cc1ccc(CN(C(=O)COc2ccc(I)cc2)[C@@H](C)C(=O)NC2CCCC2)cc1. The molecule has 160 valence electrons. The van der Waals surface area contributed by atoms with E-state index in [2.05, 4.69) is 27.9 Å². The third-order valence-corrected chi connectivity index (χ3v) is 6.24. The number of carbonyl (C=O) groups is 2. The molecule has 0 heterocycles. The van der Waals surface area contributed by atoms with Crippen LogP contribution in [0.1, 0.15) is 43.7 Å². The molecule has 1 aliphatic carbocycles. The molecule has 1 N–H and O–H groups in total. The highest BCUT2D eigenvalue weighted by molar-refractivity contribution is 14.1. The molecular weight excluding hydrogens is 491 g/mol. The Morgan fingerprint density at radius 2 is 1.73 bits per heavy atom. The number of hydrogen-bond acceptors (Lipinski definition) is 3. The van der Waals surface area contributed by atoms with Gasteiger partial charge in [-0.2, -0.15) is 0 Å². The monoisotopic (exact) mass is 520 g/mol. The number of ether oxygens (including phenoxy) is 1. The van der Waals surface area contributed by atoms with Crippen molar-refractivity contribution in [1.29, 1.82) is 0 Å². The van der Waals surface area contributed by atoms with Gasteiger partial charge in [0.2, 0.25) is 5.91 Å². The number of carbonyl (C=O) groups excluding carboxylic acids is 2. The van der Waals surface area contributed by atoms with Crippen molar-refractivity contribution in [2.24, 2.45) is 0 Å². The first kappa shape index (κ1) is 22.6. The Kier molecular flexibility index (Phi) is 8.13. The van der Waals surface area contributed by atoms with Gasteiger partial charge in [0.1, 0.15) is 11.8 Å². The van der Waals surface area contributed by atoms with Crippen molar-refractivity contribution < 1.29 is 14.3 Å². The van der Waals surface area contributed by atoms with Crippen molar-refractivity contribution in [3.05, 3.63) is 63.2 Å². The van der Waals surface area contributed by atoms with Gasteiger partial charge in [0.15, 0.2) is 6.61 Å². The summed E-state index contributed by atoms with van der Waals surface area (Å²) in [6.45, 7) is 4.09. The molecule has 0 bridgehead atoms. The summed E-state index contributed by atoms with van der Waals surface area (Å²) in [4.78, 5) is 27.5. The van der Waals surface area contributed by atoms with Crippen molar-refractivity contribution >= 4 is 34.4 Å². The number of hydrogen-bond donors (Lipinski definition) is 1. The Balaban J connectivity index is 1.69. The van der Waals surface area contributed by atoms with Crippen LogP contribution in [0.4, 0.5) is 0 Å². The van der Waals surface area contributed by atoms with Gasteiger partial charge in [-0.05, 0) is 79.1 Å². The fourth-order valence-electron chi connectivity index (χ4n) is 3.62. The maximum absolute atomic E-state index is 13.1. The normalized spacial score (nSPS) is 14.9. The Morgan fingerprint density at radius 1 is 1.10 bits per heavy atom. The number of nitrogens with zero attached hydrogens (tertiary/aromatic N) is 1. The molecule has 1 fully saturated rings. The van der Waals surface area contributed by atoms with E-state index in [9.17, 15) is 9.59 Å². The quantitative estimate of drug-likeness (QED) is 0.524. The van der Waals surface area contributed by atoms with E-state index in [1.54, 1.807) is 11.8 Å². The van der Waals surface area contributed by atoms with Crippen LogP contribution >= 0.6 is 22.6 Å². The molecule has 1 atom stereocenters. The summed E-state index contributed by atoms with van der Waals surface area (Å²) < 4.78 is 6.80. The molecule has 0 aliphatic heterocycles. The minimum Gasteiger partial charge on any atom is -0.484 e. The average Bonchev–Trinajstić information content (AvgIpc) is 3.25. The van der Waals surface area contributed by atoms with Crippen LogP contribution in [0, 0.1) is 10.5 Å². The van der Waals surface area contributed by atoms with Crippen molar-refractivity contribution in [3.63, 3.8) is 0 Å². The molecule has 6 heteroatoms. The maximum Gasteiger partial charge on any atom is 0.261 e. The number of nitrogens with one attached hydrogen (secondary N) is 1. The van der Waals surface area contributed by atoms with Crippen LogP contribution in [0.15, 0.2) is 48.5 Å². The summed E-state index contributed by atoms with van der Waals surface area (Å²) in [6.07, 6.45) is 4.32. The van der Waals surface area contributed by atoms with Crippen LogP contribution in [0.3, 0.4) is 0 Å². The molecule has 1 saturated carbocycles. The van der Waals surface area contributed by atoms with Crippen LogP contribution in [0.25, 0.3) is 0 Å². The summed E-state index contributed by atoms with van der Waals surface area (Å²) in [7, 11) is 0. The van der Waals surface area contributed by atoms with E-state index in [-0.39, 0.29) is 24.5 Å². The van der Waals surface area contributed by atoms with Crippen LogP contribution in [0.5, 0.6) is 5.75 Å². The molecule has 5 nitrogen and oxygen atoms in total. The second-order valence-electron chi connectivity index (χ2n) is 7.92. The molecule has 0 radical (unpaired) electrons. The molecular formula is C24H29IN2O3. The lowest BCUT2D eigenvalue weighted by molar-refractivity contribution is -0.142. The molecule has 0 aromatic heterocycles. The maximum atomic E-state index is 13.1. The zero-order valence-electron chi connectivity index (χ0n) is 17.6. The molecule has 0 spiro atoms. The summed E-state index contributed by atoms with van der Waals surface area (Å²) >= 11 is 2.22. The first-order valence-electron chi connectivity index (χ1n) is 10.5. The molecule has 2 aromatic rings. The fraction of sp³-hybridized carbons (Fsp3) is 0.417. The van der Waals surface area contributed by atoms with Gasteiger partial charge >= 0.3 is 0 Å². The van der Waals surface area contributed by atoms with Crippen molar-refractivity contribution in [2.45, 2.75) is 58.2 Å². The van der Waals surface area contributed by atoms with E-state index in [1.165, 1.54) is 0 Å². The lowest BCUT2D eigenvalue weighted by Crippen LogP contribution is -2.50. The Hall–Kier alpha value is -2.09. The van der Waals surface area contributed by atoms with Crippen molar-refractivity contribution in [3.8, 4) is 5.75 Å².